The Kier molecular flexibility index (Phi) is 4.28. The van der Waals surface area contributed by atoms with E-state index in [0.717, 1.165) is 11.1 Å². The van der Waals surface area contributed by atoms with Gasteiger partial charge in [-0.15, -0.1) is 0 Å². The third kappa shape index (κ3) is 2.31. The van der Waals surface area contributed by atoms with Crippen LogP contribution in [0.5, 0.6) is 40.2 Å². The smallest absolute Gasteiger partial charge is 0.201 e. The molecule has 1 saturated heterocycles. The van der Waals surface area contributed by atoms with Gasteiger partial charge in [-0.25, -0.2) is 0 Å². The number of aromatic hydroxyl groups is 2. The zero-order valence-corrected chi connectivity index (χ0v) is 17.2. The standard InChI is InChI=1S/C22H24O8/c1-25-13-5-9-16(21(27-3)18(13)23)15-10-7-30-20(9)11(10)8-29-12-6-14(26-2)19(24)22(28-4)17(12)15/h5-6,10-11,15,20,23-24H,7-8H2,1-4H3/t10-,11-,15+,20?/m0/s1. The van der Waals surface area contributed by atoms with Crippen LogP contribution in [0, 0.1) is 11.8 Å². The summed E-state index contributed by atoms with van der Waals surface area (Å²) >= 11 is 0. The van der Waals surface area contributed by atoms with E-state index in [2.05, 4.69) is 0 Å². The highest BCUT2D eigenvalue weighted by Gasteiger charge is 2.54. The zero-order valence-electron chi connectivity index (χ0n) is 17.2. The van der Waals surface area contributed by atoms with Crippen LogP contribution >= 0.6 is 0 Å². The van der Waals surface area contributed by atoms with Crippen LogP contribution in [0.4, 0.5) is 0 Å². The molecular weight excluding hydrogens is 392 g/mol. The number of hydrogen-bond donors (Lipinski definition) is 2. The summed E-state index contributed by atoms with van der Waals surface area (Å²) in [4.78, 5) is 0. The molecule has 2 aromatic carbocycles. The average Bonchev–Trinajstić information content (AvgIpc) is 3.03. The molecule has 0 radical (unpaired) electrons. The van der Waals surface area contributed by atoms with Crippen molar-refractivity contribution in [3.05, 3.63) is 28.8 Å². The average molecular weight is 416 g/mol. The zero-order chi connectivity index (χ0) is 21.2. The molecule has 0 saturated carbocycles. The van der Waals surface area contributed by atoms with E-state index < -0.39 is 0 Å². The van der Waals surface area contributed by atoms with Crippen molar-refractivity contribution in [1.82, 2.24) is 0 Å². The summed E-state index contributed by atoms with van der Waals surface area (Å²) in [6, 6.07) is 3.48. The van der Waals surface area contributed by atoms with E-state index in [1.165, 1.54) is 28.4 Å². The van der Waals surface area contributed by atoms with Crippen molar-refractivity contribution < 1.29 is 38.6 Å². The molecule has 2 aromatic rings. The Hall–Kier alpha value is -3.00. The topological polar surface area (TPSA) is 95.8 Å². The minimum absolute atomic E-state index is 0.0622. The van der Waals surface area contributed by atoms with Gasteiger partial charge < -0.3 is 38.6 Å². The summed E-state index contributed by atoms with van der Waals surface area (Å²) in [6.45, 7) is 0.959. The summed E-state index contributed by atoms with van der Waals surface area (Å²) < 4.78 is 34.3. The van der Waals surface area contributed by atoms with Crippen molar-refractivity contribution in [2.75, 3.05) is 41.7 Å². The Morgan fingerprint density at radius 3 is 2.07 bits per heavy atom. The molecule has 1 aliphatic carbocycles. The van der Waals surface area contributed by atoms with Crippen LogP contribution in [0.1, 0.15) is 28.7 Å². The first-order valence-corrected chi connectivity index (χ1v) is 9.75. The molecule has 2 N–H and O–H groups in total. The number of benzene rings is 2. The lowest BCUT2D eigenvalue weighted by atomic mass is 9.67. The van der Waals surface area contributed by atoms with Crippen LogP contribution in [0.3, 0.4) is 0 Å². The Bertz CT molecular complexity index is 1020. The van der Waals surface area contributed by atoms with Crippen LogP contribution in [0.15, 0.2) is 12.1 Å². The fourth-order valence-electron chi connectivity index (χ4n) is 5.29. The number of phenolic OH excluding ortho intramolecular Hbond substituents is 2. The van der Waals surface area contributed by atoms with Gasteiger partial charge in [0, 0.05) is 34.9 Å². The predicted octanol–water partition coefficient (Wildman–Crippen LogP) is 2.97. The Morgan fingerprint density at radius 2 is 1.43 bits per heavy atom. The van der Waals surface area contributed by atoms with Crippen molar-refractivity contribution >= 4 is 0 Å². The van der Waals surface area contributed by atoms with Gasteiger partial charge in [-0.1, -0.05) is 0 Å². The minimum Gasteiger partial charge on any atom is -0.502 e. The van der Waals surface area contributed by atoms with E-state index in [4.69, 9.17) is 28.4 Å². The highest BCUT2D eigenvalue weighted by Crippen LogP contribution is 2.64. The SMILES string of the molecule is COc1cc2c(c(OC)c1O)[C@H]1c3c(cc(OC)c(O)c3OC)C3OC[C@H]1[C@@H]3CO2. The lowest BCUT2D eigenvalue weighted by Crippen LogP contribution is -2.30. The van der Waals surface area contributed by atoms with Crippen LogP contribution in [0.25, 0.3) is 0 Å². The predicted molar refractivity (Wildman–Crippen MR) is 105 cm³/mol. The first-order valence-electron chi connectivity index (χ1n) is 9.75. The molecule has 0 amide bonds. The maximum absolute atomic E-state index is 10.8. The molecule has 1 unspecified atom stereocenters. The van der Waals surface area contributed by atoms with Crippen LogP contribution < -0.4 is 23.7 Å². The molecule has 1 fully saturated rings. The summed E-state index contributed by atoms with van der Waals surface area (Å²) in [6.07, 6.45) is -0.208. The molecule has 2 heterocycles. The Balaban J connectivity index is 1.86. The molecule has 5 rings (SSSR count). The summed E-state index contributed by atoms with van der Waals surface area (Å²) in [5.41, 5.74) is 2.38. The second-order valence-electron chi connectivity index (χ2n) is 7.71. The van der Waals surface area contributed by atoms with Gasteiger partial charge in [0.15, 0.2) is 23.0 Å². The van der Waals surface area contributed by atoms with E-state index in [1.54, 1.807) is 12.1 Å². The highest BCUT2D eigenvalue weighted by molar-refractivity contribution is 5.69. The summed E-state index contributed by atoms with van der Waals surface area (Å²) in [7, 11) is 5.99. The van der Waals surface area contributed by atoms with E-state index in [0.29, 0.717) is 36.0 Å². The number of ether oxygens (including phenoxy) is 6. The van der Waals surface area contributed by atoms with Gasteiger partial charge in [0.2, 0.25) is 11.5 Å². The molecule has 3 aliphatic rings. The van der Waals surface area contributed by atoms with Crippen molar-refractivity contribution in [3.8, 4) is 40.2 Å². The van der Waals surface area contributed by atoms with Gasteiger partial charge in [-0.2, -0.15) is 0 Å². The molecule has 2 aliphatic heterocycles. The van der Waals surface area contributed by atoms with E-state index >= 15 is 0 Å². The third-order valence-corrected chi connectivity index (χ3v) is 6.55. The highest BCUT2D eigenvalue weighted by atomic mass is 16.5. The minimum atomic E-state index is -0.278. The van der Waals surface area contributed by atoms with Crippen LogP contribution in [0.2, 0.25) is 0 Å². The van der Waals surface area contributed by atoms with Gasteiger partial charge in [-0.3, -0.25) is 0 Å². The summed E-state index contributed by atoms with van der Waals surface area (Å²) in [5.74, 6) is 1.49. The third-order valence-electron chi connectivity index (χ3n) is 6.55. The Labute approximate surface area is 173 Å². The molecule has 160 valence electrons. The van der Waals surface area contributed by atoms with Gasteiger partial charge in [0.1, 0.15) is 5.75 Å². The van der Waals surface area contributed by atoms with Crippen LogP contribution in [-0.4, -0.2) is 51.9 Å². The van der Waals surface area contributed by atoms with Gasteiger partial charge in [0.05, 0.1) is 47.8 Å². The molecule has 0 aromatic heterocycles. The monoisotopic (exact) mass is 416 g/mol. The van der Waals surface area contributed by atoms with Gasteiger partial charge in [-0.05, 0) is 11.6 Å². The molecule has 8 nitrogen and oxygen atoms in total. The number of hydrogen-bond acceptors (Lipinski definition) is 8. The Morgan fingerprint density at radius 1 is 0.800 bits per heavy atom. The van der Waals surface area contributed by atoms with Crippen molar-refractivity contribution in [2.45, 2.75) is 12.0 Å². The van der Waals surface area contributed by atoms with Crippen LogP contribution in [-0.2, 0) is 4.74 Å². The number of rotatable bonds is 4. The maximum atomic E-state index is 10.8. The first kappa shape index (κ1) is 19.0. The maximum Gasteiger partial charge on any atom is 0.201 e. The molecule has 8 heteroatoms. The molecule has 30 heavy (non-hydrogen) atoms. The lowest BCUT2D eigenvalue weighted by molar-refractivity contribution is 0.0751. The fraction of sp³-hybridized carbons (Fsp3) is 0.455. The van der Waals surface area contributed by atoms with E-state index in [-0.39, 0.29) is 46.9 Å². The number of phenols is 2. The second kappa shape index (κ2) is 6.77. The number of methoxy groups -OCH3 is 4. The van der Waals surface area contributed by atoms with Gasteiger partial charge in [0.25, 0.3) is 0 Å². The van der Waals surface area contributed by atoms with Crippen molar-refractivity contribution in [3.63, 3.8) is 0 Å². The van der Waals surface area contributed by atoms with E-state index in [9.17, 15) is 10.2 Å². The fourth-order valence-corrected chi connectivity index (χ4v) is 5.29. The van der Waals surface area contributed by atoms with E-state index in [1.807, 2.05) is 0 Å². The molecule has 0 spiro atoms. The quantitative estimate of drug-likeness (QED) is 0.786. The number of fused-ring (bicyclic) bond motifs is 5. The van der Waals surface area contributed by atoms with Crippen molar-refractivity contribution in [1.29, 1.82) is 0 Å². The molecular formula is C22H24O8. The van der Waals surface area contributed by atoms with Crippen molar-refractivity contribution in [2.24, 2.45) is 11.8 Å². The largest absolute Gasteiger partial charge is 0.502 e. The molecule has 4 bridgehead atoms. The van der Waals surface area contributed by atoms with Gasteiger partial charge >= 0.3 is 0 Å². The molecule has 4 atom stereocenters. The normalized spacial score (nSPS) is 25.5. The first-order chi connectivity index (χ1) is 14.5. The second-order valence-corrected chi connectivity index (χ2v) is 7.71. The lowest BCUT2D eigenvalue weighted by Gasteiger charge is -2.36. The summed E-state index contributed by atoms with van der Waals surface area (Å²) in [5, 5.41) is 21.6.